The van der Waals surface area contributed by atoms with Crippen LogP contribution in [0.5, 0.6) is 5.75 Å². The topological polar surface area (TPSA) is 113 Å². The number of non-ortho nitro benzene ring substituents is 1. The van der Waals surface area contributed by atoms with Gasteiger partial charge in [0.05, 0.1) is 16.1 Å². The average molecular weight is 330 g/mol. The van der Waals surface area contributed by atoms with Gasteiger partial charge in [-0.2, -0.15) is 0 Å². The van der Waals surface area contributed by atoms with Crippen LogP contribution in [0.2, 0.25) is 0 Å². The predicted molar refractivity (Wildman–Crippen MR) is 83.9 cm³/mol. The maximum atomic E-state index is 12.0. The number of phenols is 1. The molecule has 0 amide bonds. The highest BCUT2D eigenvalue weighted by Crippen LogP contribution is 2.44. The van der Waals surface area contributed by atoms with Crippen molar-refractivity contribution in [3.63, 3.8) is 0 Å². The summed E-state index contributed by atoms with van der Waals surface area (Å²) in [4.78, 5) is 24.0. The van der Waals surface area contributed by atoms with Crippen LogP contribution >= 0.6 is 0 Å². The van der Waals surface area contributed by atoms with E-state index in [2.05, 4.69) is 0 Å². The molecule has 2 aromatic rings. The van der Waals surface area contributed by atoms with E-state index in [1.54, 1.807) is 25.1 Å². The Morgan fingerprint density at radius 3 is 2.46 bits per heavy atom. The minimum absolute atomic E-state index is 0.0131. The minimum atomic E-state index is -2.28. The van der Waals surface area contributed by atoms with E-state index < -0.39 is 16.7 Å². The summed E-state index contributed by atoms with van der Waals surface area (Å²) in [7, 11) is 3.55. The van der Waals surface area contributed by atoms with Crippen molar-refractivity contribution in [1.29, 1.82) is 0 Å². The van der Waals surface area contributed by atoms with Gasteiger partial charge in [0, 0.05) is 43.5 Å². The third-order valence-electron chi connectivity index (χ3n) is 3.90. The van der Waals surface area contributed by atoms with Crippen LogP contribution in [0.3, 0.4) is 0 Å². The molecule has 0 saturated carbocycles. The number of hydrogen-bond acceptors (Lipinski definition) is 7. The van der Waals surface area contributed by atoms with Crippen LogP contribution in [0.1, 0.15) is 21.5 Å². The molecular weight excluding hydrogens is 316 g/mol. The van der Waals surface area contributed by atoms with Crippen molar-refractivity contribution in [3.8, 4) is 5.75 Å². The molecule has 0 aliphatic carbocycles. The van der Waals surface area contributed by atoms with E-state index in [0.29, 0.717) is 5.69 Å². The quantitative estimate of drug-likeness (QED) is 0.500. The number of carbonyl (C=O) groups is 1. The first kappa shape index (κ1) is 15.8. The summed E-state index contributed by atoms with van der Waals surface area (Å²) in [6, 6.07) is 7.87. The van der Waals surface area contributed by atoms with E-state index in [1.807, 2.05) is 0 Å². The summed E-state index contributed by atoms with van der Waals surface area (Å²) in [5.74, 6) is -3.40. The Kier molecular flexibility index (Phi) is 3.42. The number of cyclic esters (lactones) is 1. The third-order valence-corrected chi connectivity index (χ3v) is 3.90. The number of nitrogens with zero attached hydrogens (tertiary/aromatic N) is 2. The van der Waals surface area contributed by atoms with Gasteiger partial charge in [0.15, 0.2) is 0 Å². The predicted octanol–water partition coefficient (Wildman–Crippen LogP) is 1.73. The molecule has 24 heavy (non-hydrogen) atoms. The number of fused-ring (bicyclic) bond motifs is 1. The number of carbonyl (C=O) groups excluding carboxylic acids is 1. The van der Waals surface area contributed by atoms with Crippen molar-refractivity contribution < 1.29 is 24.7 Å². The molecule has 8 heteroatoms. The van der Waals surface area contributed by atoms with Crippen molar-refractivity contribution in [2.75, 3.05) is 19.0 Å². The standard InChI is InChI=1S/C16H14N2O6/c1-17(2)9-4-6-12(14(19)8-9)16(21)13-7-10(18(22)23)3-5-11(13)15(20)24-16/h3-8,19,21H,1-2H3. The number of benzene rings is 2. The van der Waals surface area contributed by atoms with Gasteiger partial charge in [-0.3, -0.25) is 10.1 Å². The number of phenolic OH excluding ortho intramolecular Hbond substituents is 1. The SMILES string of the molecule is CN(C)c1ccc(C2(O)OC(=O)c3ccc([N+](=O)[O-])cc32)c(O)c1. The number of nitro groups is 1. The van der Waals surface area contributed by atoms with E-state index in [4.69, 9.17) is 4.74 Å². The zero-order valence-electron chi connectivity index (χ0n) is 12.9. The highest BCUT2D eigenvalue weighted by molar-refractivity contribution is 5.95. The van der Waals surface area contributed by atoms with Gasteiger partial charge in [-0.15, -0.1) is 0 Å². The first-order chi connectivity index (χ1) is 11.2. The van der Waals surface area contributed by atoms with Crippen LogP contribution in [-0.2, 0) is 10.5 Å². The fourth-order valence-corrected chi connectivity index (χ4v) is 2.63. The summed E-state index contributed by atoms with van der Waals surface area (Å²) < 4.78 is 5.04. The summed E-state index contributed by atoms with van der Waals surface area (Å²) in [5.41, 5.74) is 0.243. The van der Waals surface area contributed by atoms with E-state index in [-0.39, 0.29) is 28.1 Å². The zero-order valence-corrected chi connectivity index (χ0v) is 12.9. The van der Waals surface area contributed by atoms with Crippen molar-refractivity contribution in [3.05, 3.63) is 63.2 Å². The second-order valence-corrected chi connectivity index (χ2v) is 5.62. The Labute approximate surface area is 136 Å². The fourth-order valence-electron chi connectivity index (χ4n) is 2.63. The molecule has 2 aromatic carbocycles. The number of aliphatic hydroxyl groups is 1. The van der Waals surface area contributed by atoms with Crippen LogP contribution in [0.4, 0.5) is 11.4 Å². The number of aromatic hydroxyl groups is 1. The zero-order chi connectivity index (χ0) is 17.6. The first-order valence-corrected chi connectivity index (χ1v) is 6.99. The number of esters is 1. The molecule has 0 aromatic heterocycles. The second-order valence-electron chi connectivity index (χ2n) is 5.62. The van der Waals surface area contributed by atoms with Gasteiger partial charge in [0.1, 0.15) is 5.75 Å². The maximum Gasteiger partial charge on any atom is 0.341 e. The van der Waals surface area contributed by atoms with Gasteiger partial charge in [-0.05, 0) is 18.2 Å². The van der Waals surface area contributed by atoms with Crippen LogP contribution in [-0.4, -0.2) is 35.2 Å². The molecule has 124 valence electrons. The lowest BCUT2D eigenvalue weighted by atomic mass is 9.94. The lowest BCUT2D eigenvalue weighted by Gasteiger charge is -2.24. The number of anilines is 1. The van der Waals surface area contributed by atoms with Gasteiger partial charge in [0.2, 0.25) is 0 Å². The van der Waals surface area contributed by atoms with Gasteiger partial charge in [-0.1, -0.05) is 0 Å². The molecular formula is C16H14N2O6. The van der Waals surface area contributed by atoms with Crippen molar-refractivity contribution in [1.82, 2.24) is 0 Å². The van der Waals surface area contributed by atoms with Gasteiger partial charge in [0.25, 0.3) is 11.5 Å². The Balaban J connectivity index is 2.18. The highest BCUT2D eigenvalue weighted by atomic mass is 16.7. The van der Waals surface area contributed by atoms with Crippen molar-refractivity contribution >= 4 is 17.3 Å². The Hall–Kier alpha value is -3.13. The summed E-state index contributed by atoms with van der Waals surface area (Å²) in [5, 5.41) is 32.1. The number of ether oxygens (including phenoxy) is 1. The molecule has 1 unspecified atom stereocenters. The van der Waals surface area contributed by atoms with Crippen LogP contribution < -0.4 is 4.90 Å². The molecule has 0 radical (unpaired) electrons. The molecule has 0 bridgehead atoms. The Morgan fingerprint density at radius 2 is 1.88 bits per heavy atom. The van der Waals surface area contributed by atoms with E-state index >= 15 is 0 Å². The summed E-state index contributed by atoms with van der Waals surface area (Å²) in [6.07, 6.45) is 0. The number of hydrogen-bond donors (Lipinski definition) is 2. The lowest BCUT2D eigenvalue weighted by Crippen LogP contribution is -2.27. The molecule has 3 rings (SSSR count). The van der Waals surface area contributed by atoms with E-state index in [9.17, 15) is 25.1 Å². The molecule has 2 N–H and O–H groups in total. The summed E-state index contributed by atoms with van der Waals surface area (Å²) >= 11 is 0. The third kappa shape index (κ3) is 2.24. The maximum absolute atomic E-state index is 12.0. The molecule has 8 nitrogen and oxygen atoms in total. The van der Waals surface area contributed by atoms with Gasteiger partial charge in [-0.25, -0.2) is 4.79 Å². The smallest absolute Gasteiger partial charge is 0.341 e. The first-order valence-electron chi connectivity index (χ1n) is 6.99. The largest absolute Gasteiger partial charge is 0.507 e. The minimum Gasteiger partial charge on any atom is -0.507 e. The van der Waals surface area contributed by atoms with Crippen LogP contribution in [0, 0.1) is 10.1 Å². The number of nitro benzene ring substituents is 1. The molecule has 1 aliphatic heterocycles. The molecule has 0 saturated heterocycles. The van der Waals surface area contributed by atoms with Crippen LogP contribution in [0.25, 0.3) is 0 Å². The molecule has 1 aliphatic rings. The lowest BCUT2D eigenvalue weighted by molar-refractivity contribution is -0.385. The van der Waals surface area contributed by atoms with Gasteiger partial charge < -0.3 is 19.8 Å². The van der Waals surface area contributed by atoms with E-state index in [1.165, 1.54) is 18.2 Å². The Bertz CT molecular complexity index is 864. The van der Waals surface area contributed by atoms with E-state index in [0.717, 1.165) is 12.1 Å². The molecule has 0 fully saturated rings. The molecule has 1 atom stereocenters. The molecule has 0 spiro atoms. The Morgan fingerprint density at radius 1 is 1.17 bits per heavy atom. The van der Waals surface area contributed by atoms with Crippen molar-refractivity contribution in [2.24, 2.45) is 0 Å². The van der Waals surface area contributed by atoms with Crippen molar-refractivity contribution in [2.45, 2.75) is 5.79 Å². The fraction of sp³-hybridized carbons (Fsp3) is 0.188. The number of rotatable bonds is 3. The second kappa shape index (κ2) is 5.20. The molecule has 1 heterocycles. The van der Waals surface area contributed by atoms with Crippen LogP contribution in [0.15, 0.2) is 36.4 Å². The average Bonchev–Trinajstić information content (AvgIpc) is 2.78. The normalized spacial score (nSPS) is 18.9. The van der Waals surface area contributed by atoms with Gasteiger partial charge >= 0.3 is 5.97 Å². The highest BCUT2D eigenvalue weighted by Gasteiger charge is 2.48. The monoisotopic (exact) mass is 330 g/mol. The summed E-state index contributed by atoms with van der Waals surface area (Å²) in [6.45, 7) is 0.